The van der Waals surface area contributed by atoms with Crippen LogP contribution in [0, 0.1) is 26.6 Å². The average molecular weight is 447 g/mol. The molecule has 0 unspecified atom stereocenters. The maximum absolute atomic E-state index is 13.9. The third-order valence-corrected chi connectivity index (χ3v) is 6.08. The molecule has 0 aliphatic rings. The number of aromatic nitrogens is 2. The lowest BCUT2D eigenvalue weighted by Crippen LogP contribution is -2.36. The number of pyridine rings is 1. The molecule has 0 aliphatic heterocycles. The van der Waals surface area contributed by atoms with Crippen molar-refractivity contribution in [2.75, 3.05) is 11.9 Å². The first-order valence-corrected chi connectivity index (χ1v) is 11.1. The van der Waals surface area contributed by atoms with Gasteiger partial charge in [0.1, 0.15) is 5.82 Å². The lowest BCUT2D eigenvalue weighted by atomic mass is 10.1. The second-order valence-corrected chi connectivity index (χ2v) is 8.59. The van der Waals surface area contributed by atoms with Crippen molar-refractivity contribution in [2.24, 2.45) is 0 Å². The zero-order chi connectivity index (χ0) is 22.7. The summed E-state index contributed by atoms with van der Waals surface area (Å²) < 4.78 is 13.9. The van der Waals surface area contributed by atoms with Gasteiger partial charge in [0.05, 0.1) is 0 Å². The third kappa shape index (κ3) is 4.97. The van der Waals surface area contributed by atoms with Crippen molar-refractivity contribution < 1.29 is 4.39 Å². The predicted octanol–water partition coefficient (Wildman–Crippen LogP) is 6.07. The molecule has 2 heterocycles. The van der Waals surface area contributed by atoms with Gasteiger partial charge in [-0.3, -0.25) is 4.98 Å². The number of rotatable bonds is 6. The average Bonchev–Trinajstić information content (AvgIpc) is 3.08. The molecular formula is C26H27FN4S. The number of H-pyrrole nitrogens is 1. The molecule has 0 aliphatic carbocycles. The second-order valence-electron chi connectivity index (χ2n) is 8.20. The lowest BCUT2D eigenvalue weighted by molar-refractivity contribution is 0.422. The molecule has 164 valence electrons. The Morgan fingerprint density at radius 1 is 1.12 bits per heavy atom. The van der Waals surface area contributed by atoms with E-state index in [1.54, 1.807) is 18.3 Å². The Balaban J connectivity index is 1.57. The summed E-state index contributed by atoms with van der Waals surface area (Å²) in [6, 6.07) is 15.1. The number of nitrogens with one attached hydrogen (secondary N) is 2. The summed E-state index contributed by atoms with van der Waals surface area (Å²) in [7, 11) is 0. The quantitative estimate of drug-likeness (QED) is 0.353. The van der Waals surface area contributed by atoms with E-state index in [0.29, 0.717) is 18.2 Å². The Morgan fingerprint density at radius 2 is 1.97 bits per heavy atom. The van der Waals surface area contributed by atoms with E-state index in [2.05, 4.69) is 52.2 Å². The highest BCUT2D eigenvalue weighted by molar-refractivity contribution is 7.80. The van der Waals surface area contributed by atoms with Crippen LogP contribution in [0.2, 0.25) is 0 Å². The van der Waals surface area contributed by atoms with Crippen LogP contribution in [0.4, 0.5) is 10.1 Å². The molecule has 0 saturated heterocycles. The number of fused-ring (bicyclic) bond motifs is 1. The minimum atomic E-state index is -0.225. The summed E-state index contributed by atoms with van der Waals surface area (Å²) in [4.78, 5) is 9.75. The van der Waals surface area contributed by atoms with Crippen molar-refractivity contribution in [3.63, 3.8) is 0 Å². The second kappa shape index (κ2) is 9.49. The molecule has 32 heavy (non-hydrogen) atoms. The van der Waals surface area contributed by atoms with Crippen LogP contribution in [0.3, 0.4) is 0 Å². The summed E-state index contributed by atoms with van der Waals surface area (Å²) in [6.07, 6.45) is 4.37. The van der Waals surface area contributed by atoms with Crippen molar-refractivity contribution >= 4 is 33.9 Å². The predicted molar refractivity (Wildman–Crippen MR) is 133 cm³/mol. The van der Waals surface area contributed by atoms with Crippen LogP contribution in [0.25, 0.3) is 10.9 Å². The fourth-order valence-electron chi connectivity index (χ4n) is 4.04. The van der Waals surface area contributed by atoms with E-state index in [-0.39, 0.29) is 5.82 Å². The highest BCUT2D eigenvalue weighted by Gasteiger charge is 2.15. The van der Waals surface area contributed by atoms with E-state index in [1.165, 1.54) is 11.6 Å². The van der Waals surface area contributed by atoms with Crippen molar-refractivity contribution in [3.8, 4) is 0 Å². The van der Waals surface area contributed by atoms with E-state index in [1.807, 2.05) is 25.3 Å². The standard InChI is InChI=1S/C26H27FN4S/c1-17-6-8-24(18(2)13-17)30-26(32)31(16-20-5-4-11-28-15-20)12-10-22-19(3)29-25-9-7-21(27)14-23(22)25/h4-9,11,13-15,29H,10,12,16H2,1-3H3,(H,30,32). The van der Waals surface area contributed by atoms with E-state index < -0.39 is 0 Å². The minimum absolute atomic E-state index is 0.225. The van der Waals surface area contributed by atoms with E-state index >= 15 is 0 Å². The molecule has 2 N–H and O–H groups in total. The fourth-order valence-corrected chi connectivity index (χ4v) is 4.30. The lowest BCUT2D eigenvalue weighted by Gasteiger charge is -2.26. The van der Waals surface area contributed by atoms with Crippen LogP contribution in [0.5, 0.6) is 0 Å². The van der Waals surface area contributed by atoms with Crippen LogP contribution >= 0.6 is 12.2 Å². The van der Waals surface area contributed by atoms with Gasteiger partial charge in [0.2, 0.25) is 0 Å². The summed E-state index contributed by atoms with van der Waals surface area (Å²) in [5.74, 6) is -0.225. The SMILES string of the molecule is Cc1ccc(NC(=S)N(CCc2c(C)[nH]c3ccc(F)cc23)Cc2cccnc2)c(C)c1. The van der Waals surface area contributed by atoms with Crippen molar-refractivity contribution in [1.29, 1.82) is 0 Å². The first-order chi connectivity index (χ1) is 15.4. The van der Waals surface area contributed by atoms with E-state index in [0.717, 1.165) is 45.4 Å². The first-order valence-electron chi connectivity index (χ1n) is 10.7. The number of aromatic amines is 1. The largest absolute Gasteiger partial charge is 0.358 e. The molecule has 0 fully saturated rings. The van der Waals surface area contributed by atoms with Gasteiger partial charge in [-0.2, -0.15) is 0 Å². The van der Waals surface area contributed by atoms with Gasteiger partial charge in [0, 0.05) is 47.8 Å². The van der Waals surface area contributed by atoms with Gasteiger partial charge in [0.25, 0.3) is 0 Å². The van der Waals surface area contributed by atoms with Crippen LogP contribution in [-0.4, -0.2) is 26.5 Å². The van der Waals surface area contributed by atoms with Gasteiger partial charge in [-0.05, 0) is 86.4 Å². The normalized spacial score (nSPS) is 11.0. The third-order valence-electron chi connectivity index (χ3n) is 5.72. The van der Waals surface area contributed by atoms with Crippen LogP contribution < -0.4 is 5.32 Å². The molecule has 4 nitrogen and oxygen atoms in total. The molecule has 0 radical (unpaired) electrons. The highest BCUT2D eigenvalue weighted by atomic mass is 32.1. The molecule has 2 aromatic heterocycles. The number of hydrogen-bond acceptors (Lipinski definition) is 2. The molecule has 0 spiro atoms. The maximum Gasteiger partial charge on any atom is 0.173 e. The van der Waals surface area contributed by atoms with E-state index in [9.17, 15) is 4.39 Å². The maximum atomic E-state index is 13.9. The number of halogens is 1. The summed E-state index contributed by atoms with van der Waals surface area (Å²) >= 11 is 5.82. The Labute approximate surface area is 193 Å². The van der Waals surface area contributed by atoms with Crippen LogP contribution in [-0.2, 0) is 13.0 Å². The molecule has 0 atom stereocenters. The van der Waals surface area contributed by atoms with Crippen LogP contribution in [0.15, 0.2) is 60.9 Å². The Bertz CT molecular complexity index is 1250. The van der Waals surface area contributed by atoms with Gasteiger partial charge >= 0.3 is 0 Å². The minimum Gasteiger partial charge on any atom is -0.358 e. The first kappa shape index (κ1) is 22.0. The summed E-state index contributed by atoms with van der Waals surface area (Å²) in [5.41, 5.74) is 7.57. The molecule has 0 amide bonds. The smallest absolute Gasteiger partial charge is 0.173 e. The Morgan fingerprint density at radius 3 is 2.72 bits per heavy atom. The summed E-state index contributed by atoms with van der Waals surface area (Å²) in [5, 5.41) is 5.00. The van der Waals surface area contributed by atoms with Crippen LogP contribution in [0.1, 0.15) is 27.9 Å². The molecule has 4 rings (SSSR count). The van der Waals surface area contributed by atoms with Gasteiger partial charge < -0.3 is 15.2 Å². The zero-order valence-electron chi connectivity index (χ0n) is 18.6. The van der Waals surface area contributed by atoms with Gasteiger partial charge in [-0.15, -0.1) is 0 Å². The number of hydrogen-bond donors (Lipinski definition) is 2. The summed E-state index contributed by atoms with van der Waals surface area (Å²) in [6.45, 7) is 7.52. The van der Waals surface area contributed by atoms with Crippen molar-refractivity contribution in [1.82, 2.24) is 14.9 Å². The Kier molecular flexibility index (Phi) is 6.51. The Hall–Kier alpha value is -3.25. The molecule has 0 saturated carbocycles. The number of thiocarbonyl (C=S) groups is 1. The zero-order valence-corrected chi connectivity index (χ0v) is 19.4. The molecule has 6 heteroatoms. The number of aryl methyl sites for hydroxylation is 3. The van der Waals surface area contributed by atoms with Crippen molar-refractivity contribution in [3.05, 3.63) is 94.7 Å². The van der Waals surface area contributed by atoms with Gasteiger partial charge in [-0.25, -0.2) is 4.39 Å². The van der Waals surface area contributed by atoms with E-state index in [4.69, 9.17) is 12.2 Å². The number of nitrogens with zero attached hydrogens (tertiary/aromatic N) is 2. The topological polar surface area (TPSA) is 44.0 Å². The van der Waals surface area contributed by atoms with Gasteiger partial charge in [-0.1, -0.05) is 23.8 Å². The van der Waals surface area contributed by atoms with Crippen molar-refractivity contribution in [2.45, 2.75) is 33.7 Å². The molecule has 2 aromatic carbocycles. The molecular weight excluding hydrogens is 419 g/mol. The number of anilines is 1. The fraction of sp³-hybridized carbons (Fsp3) is 0.231. The number of benzene rings is 2. The highest BCUT2D eigenvalue weighted by Crippen LogP contribution is 2.24. The monoisotopic (exact) mass is 446 g/mol. The molecule has 0 bridgehead atoms. The van der Waals surface area contributed by atoms with Gasteiger partial charge in [0.15, 0.2) is 5.11 Å². The molecule has 4 aromatic rings.